The predicted molar refractivity (Wildman–Crippen MR) is 133 cm³/mol. The summed E-state index contributed by atoms with van der Waals surface area (Å²) < 4.78 is 13.7. The standard InChI is InChI=1S/C24H29N7O3S/c1-13(2)26-10-16(32)11-31-22-20(21(25)28-12-29-22)30-24(31)35-19-8-18-15(5-4-6-33-18)7-17(19)23-27-9-14(3)34-23/h7-9,12-13,16,26,32H,4-6,10-11H2,1-3H3,(H2,25,28,29). The lowest BCUT2D eigenvalue weighted by Crippen LogP contribution is -2.34. The number of benzene rings is 1. The molecule has 1 aliphatic heterocycles. The van der Waals surface area contributed by atoms with Crippen molar-refractivity contribution in [3.05, 3.63) is 36.0 Å². The van der Waals surface area contributed by atoms with Crippen LogP contribution < -0.4 is 15.8 Å². The molecule has 0 saturated carbocycles. The van der Waals surface area contributed by atoms with Gasteiger partial charge in [0.2, 0.25) is 5.89 Å². The Morgan fingerprint density at radius 2 is 2.11 bits per heavy atom. The van der Waals surface area contributed by atoms with E-state index < -0.39 is 6.10 Å². The first kappa shape index (κ1) is 23.6. The number of ether oxygens (including phenoxy) is 1. The third kappa shape index (κ3) is 4.97. The Morgan fingerprint density at radius 3 is 2.89 bits per heavy atom. The SMILES string of the molecule is Cc1cnc(-c2cc3c(cc2Sc2nc4c(N)ncnc4n2CC(O)CNC(C)C)OCCC3)o1. The minimum Gasteiger partial charge on any atom is -0.493 e. The van der Waals surface area contributed by atoms with E-state index in [0.29, 0.717) is 47.7 Å². The van der Waals surface area contributed by atoms with Crippen LogP contribution in [0.2, 0.25) is 0 Å². The van der Waals surface area contributed by atoms with Crippen LogP contribution in [-0.2, 0) is 13.0 Å². The Morgan fingerprint density at radius 1 is 1.26 bits per heavy atom. The van der Waals surface area contributed by atoms with Crippen LogP contribution in [0.15, 0.2) is 39.1 Å². The highest BCUT2D eigenvalue weighted by Gasteiger charge is 2.23. The van der Waals surface area contributed by atoms with Gasteiger partial charge in [-0.3, -0.25) is 0 Å². The van der Waals surface area contributed by atoms with Crippen molar-refractivity contribution >= 4 is 28.7 Å². The normalized spacial score (nSPS) is 14.3. The molecule has 0 radical (unpaired) electrons. The number of nitrogen functional groups attached to an aromatic ring is 1. The number of anilines is 1. The first-order chi connectivity index (χ1) is 16.9. The summed E-state index contributed by atoms with van der Waals surface area (Å²) in [5.41, 5.74) is 9.19. The number of fused-ring (bicyclic) bond motifs is 2. The minimum atomic E-state index is -0.647. The van der Waals surface area contributed by atoms with Gasteiger partial charge in [-0.15, -0.1) is 0 Å². The largest absolute Gasteiger partial charge is 0.493 e. The molecule has 3 aromatic heterocycles. The quantitative estimate of drug-likeness (QED) is 0.334. The highest BCUT2D eigenvalue weighted by molar-refractivity contribution is 7.99. The second-order valence-corrected chi connectivity index (χ2v) is 9.95. The van der Waals surface area contributed by atoms with Gasteiger partial charge in [-0.1, -0.05) is 25.6 Å². The summed E-state index contributed by atoms with van der Waals surface area (Å²) in [6, 6.07) is 4.37. The number of aliphatic hydroxyl groups excluding tert-OH is 1. The molecule has 0 saturated heterocycles. The molecule has 0 bridgehead atoms. The minimum absolute atomic E-state index is 0.262. The molecule has 0 amide bonds. The molecule has 0 fully saturated rings. The van der Waals surface area contributed by atoms with Gasteiger partial charge >= 0.3 is 0 Å². The lowest BCUT2D eigenvalue weighted by Gasteiger charge is -2.20. The summed E-state index contributed by atoms with van der Waals surface area (Å²) >= 11 is 1.44. The van der Waals surface area contributed by atoms with Gasteiger partial charge in [0, 0.05) is 17.5 Å². The molecule has 1 aliphatic rings. The first-order valence-corrected chi connectivity index (χ1v) is 12.5. The molecule has 4 aromatic rings. The van der Waals surface area contributed by atoms with Gasteiger partial charge in [0.25, 0.3) is 0 Å². The molecule has 0 aliphatic carbocycles. The summed E-state index contributed by atoms with van der Waals surface area (Å²) in [7, 11) is 0. The van der Waals surface area contributed by atoms with Crippen LogP contribution in [0.4, 0.5) is 5.82 Å². The molecule has 11 heteroatoms. The van der Waals surface area contributed by atoms with Crippen LogP contribution in [0, 0.1) is 6.92 Å². The molecule has 10 nitrogen and oxygen atoms in total. The number of nitrogens with zero attached hydrogens (tertiary/aromatic N) is 5. The number of imidazole rings is 1. The van der Waals surface area contributed by atoms with Gasteiger partial charge in [0.15, 0.2) is 22.1 Å². The molecule has 5 rings (SSSR count). The van der Waals surface area contributed by atoms with Crippen molar-refractivity contribution in [1.29, 1.82) is 0 Å². The van der Waals surface area contributed by atoms with Crippen LogP contribution >= 0.6 is 11.8 Å². The second-order valence-electron chi connectivity index (χ2n) is 8.94. The molecule has 4 N–H and O–H groups in total. The number of aryl methyl sites for hydroxylation is 2. The monoisotopic (exact) mass is 495 g/mol. The highest BCUT2D eigenvalue weighted by Crippen LogP contribution is 2.41. The second kappa shape index (κ2) is 9.84. The number of hydrogen-bond acceptors (Lipinski definition) is 10. The fourth-order valence-corrected chi connectivity index (χ4v) is 5.06. The van der Waals surface area contributed by atoms with Crippen LogP contribution in [0.1, 0.15) is 31.6 Å². The topological polar surface area (TPSA) is 137 Å². The molecule has 1 atom stereocenters. The number of oxazole rings is 1. The lowest BCUT2D eigenvalue weighted by atomic mass is 10.0. The number of hydrogen-bond donors (Lipinski definition) is 3. The smallest absolute Gasteiger partial charge is 0.227 e. The molecule has 1 aromatic carbocycles. The molecular weight excluding hydrogens is 466 g/mol. The van der Waals surface area contributed by atoms with E-state index in [1.54, 1.807) is 6.20 Å². The summed E-state index contributed by atoms with van der Waals surface area (Å²) in [5, 5.41) is 14.6. The summed E-state index contributed by atoms with van der Waals surface area (Å²) in [6.45, 7) is 7.38. The zero-order valence-corrected chi connectivity index (χ0v) is 20.8. The van der Waals surface area contributed by atoms with E-state index in [-0.39, 0.29) is 6.04 Å². The van der Waals surface area contributed by atoms with Gasteiger partial charge in [-0.2, -0.15) is 0 Å². The molecule has 0 spiro atoms. The van der Waals surface area contributed by atoms with Crippen molar-refractivity contribution in [3.8, 4) is 17.2 Å². The van der Waals surface area contributed by atoms with Gasteiger partial charge < -0.3 is 29.9 Å². The third-order valence-electron chi connectivity index (χ3n) is 5.74. The zero-order valence-electron chi connectivity index (χ0n) is 20.0. The van der Waals surface area contributed by atoms with Crippen LogP contribution in [0.3, 0.4) is 0 Å². The Hall–Kier alpha value is -3.15. The molecule has 4 heterocycles. The van der Waals surface area contributed by atoms with Gasteiger partial charge in [-0.05, 0) is 37.5 Å². The zero-order chi connectivity index (χ0) is 24.5. The molecule has 184 valence electrons. The van der Waals surface area contributed by atoms with E-state index in [1.165, 1.54) is 18.1 Å². The van der Waals surface area contributed by atoms with Crippen molar-refractivity contribution in [2.45, 2.75) is 62.4 Å². The summed E-state index contributed by atoms with van der Waals surface area (Å²) in [4.78, 5) is 18.6. The van der Waals surface area contributed by atoms with Crippen molar-refractivity contribution < 1.29 is 14.3 Å². The highest BCUT2D eigenvalue weighted by atomic mass is 32.2. The molecule has 35 heavy (non-hydrogen) atoms. The van der Waals surface area contributed by atoms with E-state index in [2.05, 4.69) is 26.3 Å². The van der Waals surface area contributed by atoms with Crippen LogP contribution in [0.25, 0.3) is 22.6 Å². The Balaban J connectivity index is 1.58. The van der Waals surface area contributed by atoms with Crippen LogP contribution in [0.5, 0.6) is 5.75 Å². The number of aliphatic hydroxyl groups is 1. The Labute approximate surface area is 207 Å². The van der Waals surface area contributed by atoms with Crippen molar-refractivity contribution in [2.75, 3.05) is 18.9 Å². The maximum absolute atomic E-state index is 10.7. The lowest BCUT2D eigenvalue weighted by molar-refractivity contribution is 0.147. The Kier molecular flexibility index (Phi) is 6.63. The first-order valence-electron chi connectivity index (χ1n) is 11.7. The fourth-order valence-electron chi connectivity index (χ4n) is 4.03. The van der Waals surface area contributed by atoms with E-state index in [9.17, 15) is 5.11 Å². The van der Waals surface area contributed by atoms with Crippen molar-refractivity contribution in [2.24, 2.45) is 0 Å². The van der Waals surface area contributed by atoms with E-state index >= 15 is 0 Å². The predicted octanol–water partition coefficient (Wildman–Crippen LogP) is 3.21. The number of nitrogens with two attached hydrogens (primary N) is 1. The van der Waals surface area contributed by atoms with Gasteiger partial charge in [0.1, 0.15) is 17.8 Å². The van der Waals surface area contributed by atoms with Crippen molar-refractivity contribution in [3.63, 3.8) is 0 Å². The van der Waals surface area contributed by atoms with E-state index in [1.807, 2.05) is 31.4 Å². The fraction of sp³-hybridized carbons (Fsp3) is 0.417. The number of nitrogens with one attached hydrogen (secondary N) is 1. The van der Waals surface area contributed by atoms with Gasteiger partial charge in [-0.25, -0.2) is 19.9 Å². The average molecular weight is 496 g/mol. The number of rotatable bonds is 8. The van der Waals surface area contributed by atoms with Crippen molar-refractivity contribution in [1.82, 2.24) is 29.8 Å². The van der Waals surface area contributed by atoms with Crippen LogP contribution in [-0.4, -0.2) is 54.9 Å². The Bertz CT molecular complexity index is 1350. The maximum Gasteiger partial charge on any atom is 0.227 e. The number of aromatic nitrogens is 5. The third-order valence-corrected chi connectivity index (χ3v) is 6.80. The van der Waals surface area contributed by atoms with E-state index in [0.717, 1.165) is 40.4 Å². The molecular formula is C24H29N7O3S. The molecule has 1 unspecified atom stereocenters. The van der Waals surface area contributed by atoms with Gasteiger partial charge in [0.05, 0.1) is 31.0 Å². The van der Waals surface area contributed by atoms with E-state index in [4.69, 9.17) is 19.9 Å². The summed E-state index contributed by atoms with van der Waals surface area (Å²) in [5.74, 6) is 2.43. The maximum atomic E-state index is 10.7. The average Bonchev–Trinajstić information content (AvgIpc) is 3.42. The summed E-state index contributed by atoms with van der Waals surface area (Å²) in [6.07, 6.45) is 4.39.